The van der Waals surface area contributed by atoms with E-state index in [1.807, 2.05) is 66.7 Å². The van der Waals surface area contributed by atoms with Gasteiger partial charge in [-0.2, -0.15) is 9.97 Å². The normalized spacial score (nSPS) is 12.0. The SMILES string of the molecule is Clc1nc(-c2ccccc2)nc(-c2ccc(N3c4ccccc4Nc4ccccc43)cc2)n1. The van der Waals surface area contributed by atoms with Crippen LogP contribution in [0.25, 0.3) is 22.8 Å². The van der Waals surface area contributed by atoms with Gasteiger partial charge in [-0.3, -0.25) is 0 Å². The van der Waals surface area contributed by atoms with Gasteiger partial charge < -0.3 is 10.2 Å². The Kier molecular flexibility index (Phi) is 4.74. The fraction of sp³-hybridized carbons (Fsp3) is 0. The third-order valence-corrected chi connectivity index (χ3v) is 5.75. The lowest BCUT2D eigenvalue weighted by atomic mass is 10.1. The molecule has 1 aliphatic heterocycles. The van der Waals surface area contributed by atoms with Gasteiger partial charge in [0.15, 0.2) is 11.6 Å². The van der Waals surface area contributed by atoms with Crippen molar-refractivity contribution in [3.63, 3.8) is 0 Å². The van der Waals surface area contributed by atoms with Crippen molar-refractivity contribution in [3.05, 3.63) is 108 Å². The maximum absolute atomic E-state index is 6.24. The Morgan fingerprint density at radius 3 is 1.67 bits per heavy atom. The molecule has 1 aromatic heterocycles. The summed E-state index contributed by atoms with van der Waals surface area (Å²) in [7, 11) is 0. The minimum atomic E-state index is 0.174. The van der Waals surface area contributed by atoms with E-state index in [-0.39, 0.29) is 5.28 Å². The van der Waals surface area contributed by atoms with Gasteiger partial charge in [0.2, 0.25) is 5.28 Å². The predicted octanol–water partition coefficient (Wildman–Crippen LogP) is 7.39. The van der Waals surface area contributed by atoms with E-state index in [1.54, 1.807) is 0 Å². The van der Waals surface area contributed by atoms with E-state index in [0.717, 1.165) is 39.6 Å². The third-order valence-electron chi connectivity index (χ3n) is 5.58. The van der Waals surface area contributed by atoms with E-state index in [0.29, 0.717) is 11.6 Å². The highest BCUT2D eigenvalue weighted by Gasteiger charge is 2.23. The van der Waals surface area contributed by atoms with Gasteiger partial charge in [-0.1, -0.05) is 54.6 Å². The molecule has 0 aliphatic carbocycles. The highest BCUT2D eigenvalue weighted by atomic mass is 35.5. The first-order valence-corrected chi connectivity index (χ1v) is 11.0. The van der Waals surface area contributed by atoms with Crippen LogP contribution in [-0.4, -0.2) is 15.0 Å². The summed E-state index contributed by atoms with van der Waals surface area (Å²) < 4.78 is 0. The number of anilines is 5. The molecule has 2 heterocycles. The summed E-state index contributed by atoms with van der Waals surface area (Å²) in [6.07, 6.45) is 0. The van der Waals surface area contributed by atoms with Gasteiger partial charge >= 0.3 is 0 Å². The maximum Gasteiger partial charge on any atom is 0.226 e. The molecular formula is C27H18ClN5. The average molecular weight is 448 g/mol. The number of aromatic nitrogens is 3. The molecular weight excluding hydrogens is 430 g/mol. The summed E-state index contributed by atoms with van der Waals surface area (Å²) in [4.78, 5) is 15.6. The van der Waals surface area contributed by atoms with Crippen LogP contribution in [0.3, 0.4) is 0 Å². The predicted molar refractivity (Wildman–Crippen MR) is 134 cm³/mol. The molecule has 6 rings (SSSR count). The Bertz CT molecular complexity index is 1410. The van der Waals surface area contributed by atoms with E-state index < -0.39 is 0 Å². The Morgan fingerprint density at radius 1 is 0.545 bits per heavy atom. The molecule has 1 N–H and O–H groups in total. The minimum Gasteiger partial charge on any atom is -0.352 e. The van der Waals surface area contributed by atoms with Gasteiger partial charge in [-0.15, -0.1) is 0 Å². The number of hydrogen-bond donors (Lipinski definition) is 1. The van der Waals surface area contributed by atoms with Crippen LogP contribution < -0.4 is 10.2 Å². The van der Waals surface area contributed by atoms with E-state index >= 15 is 0 Å². The first-order valence-electron chi connectivity index (χ1n) is 10.6. The van der Waals surface area contributed by atoms with Crippen LogP contribution >= 0.6 is 11.6 Å². The number of para-hydroxylation sites is 4. The summed E-state index contributed by atoms with van der Waals surface area (Å²) >= 11 is 6.24. The van der Waals surface area contributed by atoms with Crippen molar-refractivity contribution in [1.29, 1.82) is 0 Å². The molecule has 0 radical (unpaired) electrons. The maximum atomic E-state index is 6.24. The number of benzene rings is 4. The molecule has 0 unspecified atom stereocenters. The van der Waals surface area contributed by atoms with Crippen LogP contribution in [0.15, 0.2) is 103 Å². The fourth-order valence-electron chi connectivity index (χ4n) is 4.06. The van der Waals surface area contributed by atoms with Gasteiger partial charge in [0.05, 0.1) is 22.7 Å². The second-order valence-corrected chi connectivity index (χ2v) is 8.00. The van der Waals surface area contributed by atoms with Crippen LogP contribution in [0, 0.1) is 0 Å². The van der Waals surface area contributed by atoms with Crippen molar-refractivity contribution in [3.8, 4) is 22.8 Å². The zero-order chi connectivity index (χ0) is 22.2. The highest BCUT2D eigenvalue weighted by molar-refractivity contribution is 6.28. The summed E-state index contributed by atoms with van der Waals surface area (Å²) in [5, 5.41) is 3.70. The number of nitrogens with zero attached hydrogens (tertiary/aromatic N) is 4. The van der Waals surface area contributed by atoms with E-state index in [2.05, 4.69) is 61.6 Å². The average Bonchev–Trinajstić information content (AvgIpc) is 2.87. The molecule has 33 heavy (non-hydrogen) atoms. The van der Waals surface area contributed by atoms with Crippen LogP contribution in [-0.2, 0) is 0 Å². The first kappa shape index (κ1) is 19.5. The Hall–Kier alpha value is -4.22. The largest absolute Gasteiger partial charge is 0.352 e. The topological polar surface area (TPSA) is 53.9 Å². The van der Waals surface area contributed by atoms with Gasteiger partial charge in [0, 0.05) is 16.8 Å². The quantitative estimate of drug-likeness (QED) is 0.306. The van der Waals surface area contributed by atoms with Crippen molar-refractivity contribution in [2.75, 3.05) is 10.2 Å². The van der Waals surface area contributed by atoms with Gasteiger partial charge in [0.25, 0.3) is 0 Å². The lowest BCUT2D eigenvalue weighted by Gasteiger charge is -2.34. The first-order chi connectivity index (χ1) is 16.3. The summed E-state index contributed by atoms with van der Waals surface area (Å²) in [6, 6.07) is 34.5. The molecule has 4 aromatic carbocycles. The Morgan fingerprint density at radius 2 is 1.06 bits per heavy atom. The Balaban J connectivity index is 1.41. The monoisotopic (exact) mass is 447 g/mol. The smallest absolute Gasteiger partial charge is 0.226 e. The number of nitrogens with one attached hydrogen (secondary N) is 1. The summed E-state index contributed by atoms with van der Waals surface area (Å²) in [5.41, 5.74) is 7.14. The number of rotatable bonds is 3. The Labute approximate surface area is 196 Å². The van der Waals surface area contributed by atoms with Crippen molar-refractivity contribution in [2.24, 2.45) is 0 Å². The molecule has 0 spiro atoms. The molecule has 1 aliphatic rings. The molecule has 0 saturated heterocycles. The van der Waals surface area contributed by atoms with Crippen molar-refractivity contribution >= 4 is 40.0 Å². The number of hydrogen-bond acceptors (Lipinski definition) is 5. The molecule has 0 amide bonds. The standard InChI is InChI=1S/C27H18ClN5/c28-27-31-25(18-8-2-1-3-9-18)30-26(32-27)19-14-16-20(17-15-19)33-23-12-6-4-10-21(23)29-22-11-5-7-13-24(22)33/h1-17,29H. The number of halogens is 1. The minimum absolute atomic E-state index is 0.174. The van der Waals surface area contributed by atoms with Gasteiger partial charge in [-0.05, 0) is 60.1 Å². The molecule has 158 valence electrons. The second-order valence-electron chi connectivity index (χ2n) is 7.66. The summed E-state index contributed by atoms with van der Waals surface area (Å²) in [6.45, 7) is 0. The molecule has 6 heteroatoms. The zero-order valence-electron chi connectivity index (χ0n) is 17.5. The fourth-order valence-corrected chi connectivity index (χ4v) is 4.22. The molecule has 5 nitrogen and oxygen atoms in total. The highest BCUT2D eigenvalue weighted by Crippen LogP contribution is 2.47. The summed E-state index contributed by atoms with van der Waals surface area (Å²) in [5.74, 6) is 1.10. The molecule has 5 aromatic rings. The lowest BCUT2D eigenvalue weighted by molar-refractivity contribution is 1.07. The molecule has 0 atom stereocenters. The molecule has 0 saturated carbocycles. The number of fused-ring (bicyclic) bond motifs is 2. The van der Waals surface area contributed by atoms with Crippen LogP contribution in [0.4, 0.5) is 28.4 Å². The van der Waals surface area contributed by atoms with Gasteiger partial charge in [0.1, 0.15) is 0 Å². The van der Waals surface area contributed by atoms with Crippen LogP contribution in [0.2, 0.25) is 5.28 Å². The van der Waals surface area contributed by atoms with Crippen LogP contribution in [0.5, 0.6) is 0 Å². The molecule has 0 bridgehead atoms. The van der Waals surface area contributed by atoms with Crippen molar-refractivity contribution in [2.45, 2.75) is 0 Å². The molecule has 0 fully saturated rings. The van der Waals surface area contributed by atoms with Crippen molar-refractivity contribution in [1.82, 2.24) is 15.0 Å². The van der Waals surface area contributed by atoms with Crippen molar-refractivity contribution < 1.29 is 0 Å². The van der Waals surface area contributed by atoms with E-state index in [9.17, 15) is 0 Å². The zero-order valence-corrected chi connectivity index (χ0v) is 18.2. The third kappa shape index (κ3) is 3.58. The lowest BCUT2D eigenvalue weighted by Crippen LogP contribution is -2.17. The van der Waals surface area contributed by atoms with Gasteiger partial charge in [-0.25, -0.2) is 4.98 Å². The van der Waals surface area contributed by atoms with E-state index in [1.165, 1.54) is 0 Å². The van der Waals surface area contributed by atoms with Crippen LogP contribution in [0.1, 0.15) is 0 Å². The van der Waals surface area contributed by atoms with E-state index in [4.69, 9.17) is 11.6 Å². The second kappa shape index (κ2) is 8.04.